The van der Waals surface area contributed by atoms with Gasteiger partial charge in [-0.15, -0.1) is 0 Å². The van der Waals surface area contributed by atoms with Crippen LogP contribution in [0.2, 0.25) is 0 Å². The quantitative estimate of drug-likeness (QED) is 0.102. The van der Waals surface area contributed by atoms with E-state index in [0.717, 1.165) is 54.9 Å². The third-order valence-corrected chi connectivity index (χ3v) is 7.44. The van der Waals surface area contributed by atoms with Gasteiger partial charge in [0.25, 0.3) is 0 Å². The molecule has 0 fully saturated rings. The Balaban J connectivity index is 1.41. The topological polar surface area (TPSA) is 48.4 Å². The van der Waals surface area contributed by atoms with Crippen LogP contribution >= 0.6 is 0 Å². The highest BCUT2D eigenvalue weighted by atomic mass is 19.1. The molecule has 2 aromatic carbocycles. The molecule has 4 nitrogen and oxygen atoms in total. The van der Waals surface area contributed by atoms with E-state index in [1.54, 1.807) is 12.1 Å². The lowest BCUT2D eigenvalue weighted by Crippen LogP contribution is -2.11. The molecule has 1 aromatic heterocycles. The van der Waals surface area contributed by atoms with Crippen LogP contribution < -0.4 is 9.47 Å². The maximum atomic E-state index is 14.7. The van der Waals surface area contributed by atoms with Crippen LogP contribution in [-0.2, 0) is 6.42 Å². The molecule has 0 unspecified atom stereocenters. The second-order valence-corrected chi connectivity index (χ2v) is 10.9. The van der Waals surface area contributed by atoms with Crippen molar-refractivity contribution in [2.45, 2.75) is 110 Å². The zero-order valence-electron chi connectivity index (χ0n) is 25.1. The minimum absolute atomic E-state index is 0.0645. The van der Waals surface area contributed by atoms with Crippen molar-refractivity contribution in [3.05, 3.63) is 77.7 Å². The summed E-state index contributed by atoms with van der Waals surface area (Å²) in [5, 5.41) is 0. The number of nitrogens with zero attached hydrogens (tertiary/aromatic N) is 1. The number of hydrogen-bond acceptors (Lipinski definition) is 4. The molecule has 41 heavy (non-hydrogen) atoms. The van der Waals surface area contributed by atoms with Gasteiger partial charge in [-0.05, 0) is 73.4 Å². The summed E-state index contributed by atoms with van der Waals surface area (Å²) in [6, 6.07) is 16.1. The lowest BCUT2D eigenvalue weighted by Gasteiger charge is -2.09. The Bertz CT molecular complexity index is 1140. The molecule has 0 atom stereocenters. The Labute approximate surface area is 246 Å². The van der Waals surface area contributed by atoms with Crippen LogP contribution in [-0.4, -0.2) is 17.6 Å². The zero-order chi connectivity index (χ0) is 29.1. The van der Waals surface area contributed by atoms with E-state index in [2.05, 4.69) is 18.8 Å². The summed E-state index contributed by atoms with van der Waals surface area (Å²) in [4.78, 5) is 17.0. The van der Waals surface area contributed by atoms with E-state index in [0.29, 0.717) is 0 Å². The lowest BCUT2D eigenvalue weighted by atomic mass is 10.0. The Hall–Kier alpha value is -3.21. The average Bonchev–Trinajstić information content (AvgIpc) is 2.99. The van der Waals surface area contributed by atoms with Gasteiger partial charge in [-0.2, -0.15) is 0 Å². The van der Waals surface area contributed by atoms with Gasteiger partial charge in [-0.25, -0.2) is 9.18 Å². The first-order valence-corrected chi connectivity index (χ1v) is 15.8. The van der Waals surface area contributed by atoms with Crippen LogP contribution in [0.15, 0.2) is 60.8 Å². The predicted octanol–water partition coefficient (Wildman–Crippen LogP) is 10.5. The van der Waals surface area contributed by atoms with Crippen molar-refractivity contribution in [2.24, 2.45) is 0 Å². The number of halogens is 1. The van der Waals surface area contributed by atoms with Crippen molar-refractivity contribution in [1.82, 2.24) is 4.98 Å². The van der Waals surface area contributed by atoms with Crippen LogP contribution in [0.3, 0.4) is 0 Å². The number of aryl methyl sites for hydroxylation is 1. The van der Waals surface area contributed by atoms with Crippen LogP contribution in [0.1, 0.15) is 120 Å². The summed E-state index contributed by atoms with van der Waals surface area (Å²) in [6.45, 7) is 5.19. The minimum atomic E-state index is -0.720. The summed E-state index contributed by atoms with van der Waals surface area (Å²) in [5.41, 5.74) is 2.54. The van der Waals surface area contributed by atoms with Gasteiger partial charge in [-0.3, -0.25) is 4.98 Å². The fourth-order valence-corrected chi connectivity index (χ4v) is 4.91. The number of carbonyl (C=O) groups excluding carboxylic acids is 1. The molecule has 0 saturated heterocycles. The highest BCUT2D eigenvalue weighted by Crippen LogP contribution is 2.24. The smallest absolute Gasteiger partial charge is 0.346 e. The van der Waals surface area contributed by atoms with Crippen LogP contribution in [0, 0.1) is 5.82 Å². The molecule has 0 aliphatic heterocycles. The first kappa shape index (κ1) is 32.3. The predicted molar refractivity (Wildman–Crippen MR) is 166 cm³/mol. The summed E-state index contributed by atoms with van der Waals surface area (Å²) in [7, 11) is 0. The van der Waals surface area contributed by atoms with Crippen molar-refractivity contribution in [3.63, 3.8) is 0 Å². The monoisotopic (exact) mass is 561 g/mol. The maximum absolute atomic E-state index is 14.7. The van der Waals surface area contributed by atoms with Gasteiger partial charge in [-0.1, -0.05) is 97.0 Å². The Morgan fingerprint density at radius 2 is 1.32 bits per heavy atom. The third kappa shape index (κ3) is 12.0. The molecule has 0 spiro atoms. The number of rotatable bonds is 20. The summed E-state index contributed by atoms with van der Waals surface area (Å²) < 4.78 is 26.0. The van der Waals surface area contributed by atoms with Crippen molar-refractivity contribution in [3.8, 4) is 22.8 Å². The number of ether oxygens (including phenoxy) is 2. The highest BCUT2D eigenvalue weighted by Gasteiger charge is 2.15. The van der Waals surface area contributed by atoms with Gasteiger partial charge in [0.1, 0.15) is 17.3 Å². The van der Waals surface area contributed by atoms with Crippen molar-refractivity contribution < 1.29 is 18.7 Å². The van der Waals surface area contributed by atoms with Crippen molar-refractivity contribution in [2.75, 3.05) is 6.61 Å². The van der Waals surface area contributed by atoms with Gasteiger partial charge in [0.2, 0.25) is 0 Å². The lowest BCUT2D eigenvalue weighted by molar-refractivity contribution is 0.0729. The number of esters is 1. The SMILES string of the molecule is CCCCCCCCCCc1ccc(C(=O)Oc2ccc(-c3ccc(OCCCCCCCC)cc3)nc2)c(F)c1. The second kappa shape index (κ2) is 19.0. The van der Waals surface area contributed by atoms with E-state index < -0.39 is 11.8 Å². The first-order chi connectivity index (χ1) is 20.1. The molecule has 0 saturated carbocycles. The fraction of sp³-hybridized carbons (Fsp3) is 0.500. The average molecular weight is 562 g/mol. The van der Waals surface area contributed by atoms with E-state index in [9.17, 15) is 9.18 Å². The molecule has 0 aliphatic rings. The first-order valence-electron chi connectivity index (χ1n) is 15.8. The van der Waals surface area contributed by atoms with E-state index in [4.69, 9.17) is 9.47 Å². The number of pyridine rings is 1. The standard InChI is InChI=1S/C36H48FNO3/c1-3-5-7-9-11-12-13-15-17-29-18-24-33(34(37)27-29)36(39)41-32-23-25-35(38-28-32)30-19-21-31(22-20-30)40-26-16-14-10-8-6-4-2/h18-25,27-28H,3-17,26H2,1-2H3. The molecular weight excluding hydrogens is 513 g/mol. The van der Waals surface area contributed by atoms with Crippen molar-refractivity contribution in [1.29, 1.82) is 0 Å². The largest absolute Gasteiger partial charge is 0.494 e. The second-order valence-electron chi connectivity index (χ2n) is 10.9. The fourth-order valence-electron chi connectivity index (χ4n) is 4.91. The number of unbranched alkanes of at least 4 members (excludes halogenated alkanes) is 12. The Morgan fingerprint density at radius 3 is 1.93 bits per heavy atom. The van der Waals surface area contributed by atoms with Crippen LogP contribution in [0.4, 0.5) is 4.39 Å². The Kier molecular flexibility index (Phi) is 15.0. The zero-order valence-corrected chi connectivity index (χ0v) is 25.1. The summed E-state index contributed by atoms with van der Waals surface area (Å²) in [5.74, 6) is -0.142. The Morgan fingerprint density at radius 1 is 0.707 bits per heavy atom. The number of hydrogen-bond donors (Lipinski definition) is 0. The molecule has 0 N–H and O–H groups in total. The normalized spacial score (nSPS) is 11.0. The van der Waals surface area contributed by atoms with Crippen LogP contribution in [0.5, 0.6) is 11.5 Å². The van der Waals surface area contributed by atoms with Gasteiger partial charge in [0.05, 0.1) is 24.1 Å². The van der Waals surface area contributed by atoms with Gasteiger partial charge in [0.15, 0.2) is 0 Å². The molecule has 0 amide bonds. The van der Waals surface area contributed by atoms with Crippen molar-refractivity contribution >= 4 is 5.97 Å². The van der Waals surface area contributed by atoms with Gasteiger partial charge in [0, 0.05) is 5.56 Å². The molecule has 0 radical (unpaired) electrons. The molecule has 0 bridgehead atoms. The molecule has 222 valence electrons. The highest BCUT2D eigenvalue weighted by molar-refractivity contribution is 5.91. The molecule has 0 aliphatic carbocycles. The van der Waals surface area contributed by atoms with Gasteiger partial charge < -0.3 is 9.47 Å². The third-order valence-electron chi connectivity index (χ3n) is 7.44. The molecule has 1 heterocycles. The minimum Gasteiger partial charge on any atom is -0.494 e. The van der Waals surface area contributed by atoms with Gasteiger partial charge >= 0.3 is 5.97 Å². The molecular formula is C36H48FNO3. The molecule has 5 heteroatoms. The number of carbonyl (C=O) groups is 1. The molecule has 3 aromatic rings. The van der Waals surface area contributed by atoms with E-state index in [1.165, 1.54) is 89.0 Å². The van der Waals surface area contributed by atoms with Crippen LogP contribution in [0.25, 0.3) is 11.3 Å². The van der Waals surface area contributed by atoms with E-state index in [1.807, 2.05) is 30.3 Å². The van der Waals surface area contributed by atoms with E-state index >= 15 is 0 Å². The summed E-state index contributed by atoms with van der Waals surface area (Å²) in [6.07, 6.45) is 19.6. The maximum Gasteiger partial charge on any atom is 0.346 e. The summed E-state index contributed by atoms with van der Waals surface area (Å²) >= 11 is 0. The number of aromatic nitrogens is 1. The number of benzene rings is 2. The molecule has 3 rings (SSSR count). The van der Waals surface area contributed by atoms with E-state index in [-0.39, 0.29) is 11.3 Å².